The minimum absolute atomic E-state index is 0.0965. The highest BCUT2D eigenvalue weighted by Crippen LogP contribution is 2.32. The first-order valence-corrected chi connectivity index (χ1v) is 8.70. The maximum atomic E-state index is 12.1. The molecular weight excluding hydrogens is 360 g/mol. The van der Waals surface area contributed by atoms with Crippen LogP contribution in [0.1, 0.15) is 11.3 Å². The highest BCUT2D eigenvalue weighted by atomic mass is 16.5. The zero-order valence-electron chi connectivity index (χ0n) is 16.0. The quantitative estimate of drug-likeness (QED) is 0.644. The molecule has 0 saturated carbocycles. The van der Waals surface area contributed by atoms with Gasteiger partial charge >= 0.3 is 0 Å². The molecule has 0 aliphatic carbocycles. The molecule has 0 radical (unpaired) electrons. The Kier molecular flexibility index (Phi) is 6.16. The first-order valence-electron chi connectivity index (χ1n) is 8.70. The first-order chi connectivity index (χ1) is 13.6. The monoisotopic (exact) mass is 382 g/mol. The van der Waals surface area contributed by atoms with E-state index >= 15 is 0 Å². The average Bonchev–Trinajstić information content (AvgIpc) is 3.21. The second kappa shape index (κ2) is 8.94. The Labute approximate surface area is 163 Å². The van der Waals surface area contributed by atoms with Crippen LogP contribution in [0.15, 0.2) is 53.1 Å². The third-order valence-electron chi connectivity index (χ3n) is 4.22. The zero-order valence-corrected chi connectivity index (χ0v) is 16.0. The predicted molar refractivity (Wildman–Crippen MR) is 104 cm³/mol. The minimum atomic E-state index is -0.0965. The molecular formula is C21H22N2O5. The standard InChI is InChI=1S/C21H22N2O5/c1-25-17-7-4-14(5-8-17)10-21(24)22-13-16-12-19(28-23-16)15-6-9-18(26-2)20(11-15)27-3/h4-9,11-12H,10,13H2,1-3H3,(H,22,24). The largest absolute Gasteiger partial charge is 0.497 e. The number of methoxy groups -OCH3 is 3. The Morgan fingerprint density at radius 2 is 1.71 bits per heavy atom. The summed E-state index contributed by atoms with van der Waals surface area (Å²) in [5, 5.41) is 6.86. The van der Waals surface area contributed by atoms with Crippen LogP contribution in [0.25, 0.3) is 11.3 Å². The van der Waals surface area contributed by atoms with Crippen LogP contribution in [0, 0.1) is 0 Å². The SMILES string of the molecule is COc1ccc(CC(=O)NCc2cc(-c3ccc(OC)c(OC)c3)on2)cc1. The van der Waals surface area contributed by atoms with Crippen molar-refractivity contribution < 1.29 is 23.5 Å². The minimum Gasteiger partial charge on any atom is -0.497 e. The summed E-state index contributed by atoms with van der Waals surface area (Å²) in [6, 6.07) is 14.6. The van der Waals surface area contributed by atoms with Gasteiger partial charge in [-0.05, 0) is 35.9 Å². The van der Waals surface area contributed by atoms with Gasteiger partial charge in [0.25, 0.3) is 0 Å². The molecule has 0 spiro atoms. The summed E-state index contributed by atoms with van der Waals surface area (Å²) in [5.74, 6) is 2.48. The van der Waals surface area contributed by atoms with E-state index < -0.39 is 0 Å². The second-order valence-corrected chi connectivity index (χ2v) is 6.05. The lowest BCUT2D eigenvalue weighted by molar-refractivity contribution is -0.120. The fraction of sp³-hybridized carbons (Fsp3) is 0.238. The van der Waals surface area contributed by atoms with Gasteiger partial charge in [0.1, 0.15) is 11.4 Å². The molecule has 1 amide bonds. The number of aromatic nitrogens is 1. The normalized spacial score (nSPS) is 10.4. The molecule has 0 unspecified atom stereocenters. The molecule has 3 aromatic rings. The maximum absolute atomic E-state index is 12.1. The summed E-state index contributed by atoms with van der Waals surface area (Å²) in [4.78, 5) is 12.1. The van der Waals surface area contributed by atoms with E-state index in [1.54, 1.807) is 33.5 Å². The Bertz CT molecular complexity index is 934. The van der Waals surface area contributed by atoms with Gasteiger partial charge in [-0.3, -0.25) is 4.79 Å². The summed E-state index contributed by atoms with van der Waals surface area (Å²) in [5.41, 5.74) is 2.35. The van der Waals surface area contributed by atoms with E-state index in [4.69, 9.17) is 18.7 Å². The predicted octanol–water partition coefficient (Wildman–Crippen LogP) is 3.23. The van der Waals surface area contributed by atoms with Gasteiger partial charge in [0.15, 0.2) is 17.3 Å². The van der Waals surface area contributed by atoms with Crippen LogP contribution >= 0.6 is 0 Å². The van der Waals surface area contributed by atoms with Gasteiger partial charge in [0, 0.05) is 11.6 Å². The second-order valence-electron chi connectivity index (χ2n) is 6.05. The molecule has 0 aliphatic rings. The number of amides is 1. The lowest BCUT2D eigenvalue weighted by Gasteiger charge is -2.07. The maximum Gasteiger partial charge on any atom is 0.224 e. The fourth-order valence-corrected chi connectivity index (χ4v) is 2.70. The third-order valence-corrected chi connectivity index (χ3v) is 4.22. The molecule has 1 heterocycles. The number of nitrogens with one attached hydrogen (secondary N) is 1. The van der Waals surface area contributed by atoms with Crippen LogP contribution in [0.5, 0.6) is 17.2 Å². The number of ether oxygens (including phenoxy) is 3. The summed E-state index contributed by atoms with van der Waals surface area (Å²) < 4.78 is 21.0. The van der Waals surface area contributed by atoms with Crippen LogP contribution < -0.4 is 19.5 Å². The fourth-order valence-electron chi connectivity index (χ4n) is 2.70. The molecule has 0 bridgehead atoms. The van der Waals surface area contributed by atoms with Crippen molar-refractivity contribution >= 4 is 5.91 Å². The van der Waals surface area contributed by atoms with Crippen molar-refractivity contribution in [1.82, 2.24) is 10.5 Å². The van der Waals surface area contributed by atoms with Crippen LogP contribution in [-0.2, 0) is 17.8 Å². The van der Waals surface area contributed by atoms with Gasteiger partial charge in [-0.1, -0.05) is 17.3 Å². The number of hydrogen-bond acceptors (Lipinski definition) is 6. The Hall–Kier alpha value is -3.48. The van der Waals surface area contributed by atoms with Crippen molar-refractivity contribution in [3.05, 3.63) is 59.8 Å². The number of rotatable bonds is 8. The highest BCUT2D eigenvalue weighted by Gasteiger charge is 2.12. The molecule has 1 aromatic heterocycles. The van der Waals surface area contributed by atoms with Gasteiger partial charge in [0.2, 0.25) is 5.91 Å². The van der Waals surface area contributed by atoms with E-state index in [9.17, 15) is 4.79 Å². The molecule has 0 fully saturated rings. The molecule has 1 N–H and O–H groups in total. The first kappa shape index (κ1) is 19.3. The van der Waals surface area contributed by atoms with E-state index in [1.165, 1.54) is 0 Å². The molecule has 146 valence electrons. The number of carbonyl (C=O) groups is 1. The number of nitrogens with zero attached hydrogens (tertiary/aromatic N) is 1. The Morgan fingerprint density at radius 3 is 2.39 bits per heavy atom. The average molecular weight is 382 g/mol. The Balaban J connectivity index is 1.59. The van der Waals surface area contributed by atoms with Gasteiger partial charge in [0.05, 0.1) is 34.3 Å². The van der Waals surface area contributed by atoms with E-state index in [-0.39, 0.29) is 18.9 Å². The Morgan fingerprint density at radius 1 is 0.964 bits per heavy atom. The van der Waals surface area contributed by atoms with Crippen molar-refractivity contribution in [2.75, 3.05) is 21.3 Å². The lowest BCUT2D eigenvalue weighted by atomic mass is 10.1. The van der Waals surface area contributed by atoms with Gasteiger partial charge in [-0.25, -0.2) is 0 Å². The number of hydrogen-bond donors (Lipinski definition) is 1. The zero-order chi connectivity index (χ0) is 19.9. The summed E-state index contributed by atoms with van der Waals surface area (Å²) in [6.07, 6.45) is 0.282. The molecule has 0 aliphatic heterocycles. The lowest BCUT2D eigenvalue weighted by Crippen LogP contribution is -2.24. The van der Waals surface area contributed by atoms with Crippen molar-refractivity contribution in [3.63, 3.8) is 0 Å². The van der Waals surface area contributed by atoms with E-state index in [2.05, 4.69) is 10.5 Å². The topological polar surface area (TPSA) is 82.8 Å². The smallest absolute Gasteiger partial charge is 0.224 e. The summed E-state index contributed by atoms with van der Waals surface area (Å²) >= 11 is 0. The van der Waals surface area contributed by atoms with Crippen molar-refractivity contribution in [2.24, 2.45) is 0 Å². The van der Waals surface area contributed by atoms with Gasteiger partial charge in [-0.2, -0.15) is 0 Å². The highest BCUT2D eigenvalue weighted by molar-refractivity contribution is 5.78. The molecule has 2 aromatic carbocycles. The van der Waals surface area contributed by atoms with Crippen molar-refractivity contribution in [2.45, 2.75) is 13.0 Å². The van der Waals surface area contributed by atoms with Crippen LogP contribution in [-0.4, -0.2) is 32.4 Å². The van der Waals surface area contributed by atoms with Crippen molar-refractivity contribution in [1.29, 1.82) is 0 Å². The molecule has 28 heavy (non-hydrogen) atoms. The van der Waals surface area contributed by atoms with Crippen molar-refractivity contribution in [3.8, 4) is 28.6 Å². The molecule has 7 heteroatoms. The van der Waals surface area contributed by atoms with Gasteiger partial charge < -0.3 is 24.1 Å². The van der Waals surface area contributed by atoms with Crippen LogP contribution in [0.3, 0.4) is 0 Å². The molecule has 0 saturated heterocycles. The third kappa shape index (κ3) is 4.62. The number of carbonyl (C=O) groups excluding carboxylic acids is 1. The van der Waals surface area contributed by atoms with Crippen LogP contribution in [0.4, 0.5) is 0 Å². The van der Waals surface area contributed by atoms with Gasteiger partial charge in [-0.15, -0.1) is 0 Å². The van der Waals surface area contributed by atoms with Crippen LogP contribution in [0.2, 0.25) is 0 Å². The molecule has 0 atom stereocenters. The summed E-state index contributed by atoms with van der Waals surface area (Å²) in [7, 11) is 4.76. The molecule has 3 rings (SSSR count). The molecule has 7 nitrogen and oxygen atoms in total. The van der Waals surface area contributed by atoms with E-state index in [0.717, 1.165) is 16.9 Å². The van der Waals surface area contributed by atoms with E-state index in [0.29, 0.717) is 23.0 Å². The number of benzene rings is 2. The van der Waals surface area contributed by atoms with E-state index in [1.807, 2.05) is 36.4 Å². The summed E-state index contributed by atoms with van der Waals surface area (Å²) in [6.45, 7) is 0.284.